The summed E-state index contributed by atoms with van der Waals surface area (Å²) in [5, 5.41) is 6.30. The van der Waals surface area contributed by atoms with Crippen molar-refractivity contribution in [2.45, 2.75) is 26.8 Å². The van der Waals surface area contributed by atoms with Crippen LogP contribution in [0.2, 0.25) is 0 Å². The zero-order chi connectivity index (χ0) is 11.4. The van der Waals surface area contributed by atoms with Crippen molar-refractivity contribution in [1.82, 2.24) is 15.0 Å². The number of aryl methyl sites for hydroxylation is 2. The summed E-state index contributed by atoms with van der Waals surface area (Å²) in [6.07, 6.45) is 2.74. The Morgan fingerprint density at radius 1 is 1.38 bits per heavy atom. The summed E-state index contributed by atoms with van der Waals surface area (Å²) >= 11 is 1.64. The third kappa shape index (κ3) is 2.76. The molecule has 2 aromatic rings. The molecule has 2 aromatic heterocycles. The maximum absolute atomic E-state index is 4.34. The topological polar surface area (TPSA) is 50.7 Å². The zero-order valence-electron chi connectivity index (χ0n) is 9.40. The molecule has 2 rings (SSSR count). The largest absolute Gasteiger partial charge is 0.363 e. The molecule has 0 unspecified atom stereocenters. The smallest absolute Gasteiger partial charge is 0.130 e. The van der Waals surface area contributed by atoms with Gasteiger partial charge in [0, 0.05) is 23.3 Å². The average molecular weight is 234 g/mol. The monoisotopic (exact) mass is 234 g/mol. The van der Waals surface area contributed by atoms with E-state index in [4.69, 9.17) is 0 Å². The lowest BCUT2D eigenvalue weighted by Crippen LogP contribution is -2.04. The highest BCUT2D eigenvalue weighted by Gasteiger charge is 2.01. The Hall–Kier alpha value is -1.49. The molecule has 0 saturated heterocycles. The fourth-order valence-corrected chi connectivity index (χ4v) is 1.96. The first kappa shape index (κ1) is 11.0. The Morgan fingerprint density at radius 2 is 2.25 bits per heavy atom. The number of rotatable bonds is 4. The van der Waals surface area contributed by atoms with Gasteiger partial charge in [0.25, 0.3) is 0 Å². The summed E-state index contributed by atoms with van der Waals surface area (Å²) in [4.78, 5) is 12.9. The summed E-state index contributed by atoms with van der Waals surface area (Å²) in [7, 11) is 0. The van der Waals surface area contributed by atoms with Crippen LogP contribution in [0.1, 0.15) is 23.4 Å². The number of hydrogen-bond donors (Lipinski definition) is 1. The lowest BCUT2D eigenvalue weighted by Gasteiger charge is -2.06. The molecule has 0 amide bonds. The molecule has 16 heavy (non-hydrogen) atoms. The van der Waals surface area contributed by atoms with Crippen LogP contribution in [0.25, 0.3) is 0 Å². The van der Waals surface area contributed by atoms with Crippen LogP contribution in [0, 0.1) is 6.92 Å². The van der Waals surface area contributed by atoms with Crippen molar-refractivity contribution in [2.75, 3.05) is 5.32 Å². The Bertz CT molecular complexity index is 453. The Balaban J connectivity index is 2.06. The molecule has 84 valence electrons. The summed E-state index contributed by atoms with van der Waals surface area (Å²) in [5.74, 6) is 1.68. The predicted molar refractivity (Wildman–Crippen MR) is 65.6 cm³/mol. The number of hydrogen-bond acceptors (Lipinski definition) is 5. The van der Waals surface area contributed by atoms with Crippen molar-refractivity contribution < 1.29 is 0 Å². The van der Waals surface area contributed by atoms with Gasteiger partial charge in [0.2, 0.25) is 0 Å². The van der Waals surface area contributed by atoms with Crippen molar-refractivity contribution in [2.24, 2.45) is 0 Å². The van der Waals surface area contributed by atoms with Gasteiger partial charge in [-0.1, -0.05) is 6.92 Å². The maximum atomic E-state index is 4.34. The molecule has 0 aromatic carbocycles. The first-order valence-corrected chi connectivity index (χ1v) is 6.12. The third-order valence-corrected chi connectivity index (χ3v) is 2.94. The summed E-state index contributed by atoms with van der Waals surface area (Å²) < 4.78 is 0. The van der Waals surface area contributed by atoms with Crippen LogP contribution in [0.3, 0.4) is 0 Å². The summed E-state index contributed by atoms with van der Waals surface area (Å²) in [6, 6.07) is 1.99. The minimum absolute atomic E-state index is 0.720. The van der Waals surface area contributed by atoms with E-state index in [0.717, 1.165) is 35.3 Å². The highest BCUT2D eigenvalue weighted by molar-refractivity contribution is 7.09. The maximum Gasteiger partial charge on any atom is 0.130 e. The van der Waals surface area contributed by atoms with Crippen LogP contribution in [0.4, 0.5) is 5.82 Å². The van der Waals surface area contributed by atoms with Gasteiger partial charge in [-0.25, -0.2) is 15.0 Å². The van der Waals surface area contributed by atoms with Gasteiger partial charge in [-0.2, -0.15) is 0 Å². The van der Waals surface area contributed by atoms with E-state index < -0.39 is 0 Å². The average Bonchev–Trinajstić information content (AvgIpc) is 2.78. The molecule has 2 heterocycles. The van der Waals surface area contributed by atoms with Crippen LogP contribution in [0.5, 0.6) is 0 Å². The number of thiazole rings is 1. The molecule has 5 heteroatoms. The van der Waals surface area contributed by atoms with E-state index in [9.17, 15) is 0 Å². The molecule has 0 aliphatic heterocycles. The standard InChI is InChI=1S/C11H14N4S/c1-3-9-6-10(15-8(2)14-9)13-7-11-12-4-5-16-11/h4-6H,3,7H2,1-2H3,(H,13,14,15). The predicted octanol–water partition coefficient (Wildman–Crippen LogP) is 2.42. The molecular weight excluding hydrogens is 220 g/mol. The normalized spacial score (nSPS) is 10.4. The van der Waals surface area contributed by atoms with Crippen LogP contribution in [-0.4, -0.2) is 15.0 Å². The minimum atomic E-state index is 0.720. The van der Waals surface area contributed by atoms with Gasteiger partial charge >= 0.3 is 0 Å². The SMILES string of the molecule is CCc1cc(NCc2nccs2)nc(C)n1. The second kappa shape index (κ2) is 5.03. The van der Waals surface area contributed by atoms with E-state index in [1.54, 1.807) is 11.3 Å². The van der Waals surface area contributed by atoms with E-state index >= 15 is 0 Å². The van der Waals surface area contributed by atoms with Crippen molar-refractivity contribution in [3.63, 3.8) is 0 Å². The molecule has 0 aliphatic carbocycles. The first-order chi connectivity index (χ1) is 7.78. The van der Waals surface area contributed by atoms with Crippen molar-refractivity contribution in [1.29, 1.82) is 0 Å². The molecule has 1 N–H and O–H groups in total. The lowest BCUT2D eigenvalue weighted by molar-refractivity contribution is 0.940. The molecule has 0 aliphatic rings. The van der Waals surface area contributed by atoms with E-state index in [2.05, 4.69) is 27.2 Å². The van der Waals surface area contributed by atoms with Gasteiger partial charge < -0.3 is 5.32 Å². The number of nitrogens with one attached hydrogen (secondary N) is 1. The number of nitrogens with zero attached hydrogens (tertiary/aromatic N) is 3. The van der Waals surface area contributed by atoms with Crippen molar-refractivity contribution in [3.05, 3.63) is 34.2 Å². The Morgan fingerprint density at radius 3 is 2.94 bits per heavy atom. The van der Waals surface area contributed by atoms with Crippen LogP contribution < -0.4 is 5.32 Å². The van der Waals surface area contributed by atoms with Gasteiger partial charge in [0.1, 0.15) is 16.6 Å². The fraction of sp³-hybridized carbons (Fsp3) is 0.364. The van der Waals surface area contributed by atoms with Crippen molar-refractivity contribution in [3.8, 4) is 0 Å². The highest BCUT2D eigenvalue weighted by Crippen LogP contribution is 2.10. The van der Waals surface area contributed by atoms with Crippen LogP contribution in [0.15, 0.2) is 17.6 Å². The molecule has 0 bridgehead atoms. The van der Waals surface area contributed by atoms with Gasteiger partial charge in [-0.15, -0.1) is 11.3 Å². The minimum Gasteiger partial charge on any atom is -0.363 e. The molecule has 0 spiro atoms. The Kier molecular flexibility index (Phi) is 3.46. The Labute approximate surface area is 98.8 Å². The zero-order valence-corrected chi connectivity index (χ0v) is 10.2. The first-order valence-electron chi connectivity index (χ1n) is 5.24. The second-order valence-corrected chi connectivity index (χ2v) is 4.40. The van der Waals surface area contributed by atoms with E-state index in [1.807, 2.05) is 24.6 Å². The molecule has 0 saturated carbocycles. The second-order valence-electron chi connectivity index (χ2n) is 3.42. The molecule has 4 nitrogen and oxygen atoms in total. The quantitative estimate of drug-likeness (QED) is 0.882. The highest BCUT2D eigenvalue weighted by atomic mass is 32.1. The number of anilines is 1. The third-order valence-electron chi connectivity index (χ3n) is 2.16. The van der Waals surface area contributed by atoms with Crippen LogP contribution in [-0.2, 0) is 13.0 Å². The van der Waals surface area contributed by atoms with Gasteiger partial charge in [-0.3, -0.25) is 0 Å². The van der Waals surface area contributed by atoms with E-state index in [1.165, 1.54) is 0 Å². The molecule has 0 radical (unpaired) electrons. The van der Waals surface area contributed by atoms with E-state index in [0.29, 0.717) is 0 Å². The summed E-state index contributed by atoms with van der Waals surface area (Å²) in [5.41, 5.74) is 1.06. The van der Waals surface area contributed by atoms with Gasteiger partial charge in [0.05, 0.1) is 6.54 Å². The lowest BCUT2D eigenvalue weighted by atomic mass is 10.3. The molecule has 0 fully saturated rings. The number of aromatic nitrogens is 3. The molecular formula is C11H14N4S. The summed E-state index contributed by atoms with van der Waals surface area (Å²) in [6.45, 7) is 4.72. The van der Waals surface area contributed by atoms with E-state index in [-0.39, 0.29) is 0 Å². The van der Waals surface area contributed by atoms with Crippen LogP contribution >= 0.6 is 11.3 Å². The van der Waals surface area contributed by atoms with Crippen molar-refractivity contribution >= 4 is 17.2 Å². The van der Waals surface area contributed by atoms with Gasteiger partial charge in [0.15, 0.2) is 0 Å². The molecule has 0 atom stereocenters. The fourth-order valence-electron chi connectivity index (χ4n) is 1.41. The van der Waals surface area contributed by atoms with Gasteiger partial charge in [-0.05, 0) is 13.3 Å².